The highest BCUT2D eigenvalue weighted by Crippen LogP contribution is 2.32. The Labute approximate surface area is 135 Å². The lowest BCUT2D eigenvalue weighted by molar-refractivity contribution is -0.137. The second-order valence-electron chi connectivity index (χ2n) is 4.67. The van der Waals surface area contributed by atoms with Crippen molar-refractivity contribution in [1.82, 2.24) is 5.32 Å². The second-order valence-corrected chi connectivity index (χ2v) is 5.91. The molecular weight excluding hydrogens is 390 g/mol. The van der Waals surface area contributed by atoms with Gasteiger partial charge in [0.2, 0.25) is 0 Å². The third-order valence-electron chi connectivity index (χ3n) is 3.16. The fourth-order valence-electron chi connectivity index (χ4n) is 2.18. The minimum absolute atomic E-state index is 0.241. The van der Waals surface area contributed by atoms with Gasteiger partial charge in [0, 0.05) is 3.57 Å². The van der Waals surface area contributed by atoms with Crippen LogP contribution in [0.15, 0.2) is 48.5 Å². The van der Waals surface area contributed by atoms with Gasteiger partial charge in [0.15, 0.2) is 0 Å². The Morgan fingerprint density at radius 2 is 1.71 bits per heavy atom. The first-order valence-electron chi connectivity index (χ1n) is 6.58. The molecule has 1 unspecified atom stereocenters. The monoisotopic (exact) mass is 405 g/mol. The van der Waals surface area contributed by atoms with Crippen molar-refractivity contribution in [1.29, 1.82) is 0 Å². The van der Waals surface area contributed by atoms with E-state index in [1.807, 2.05) is 31.2 Å². The normalized spacial score (nSPS) is 13.2. The van der Waals surface area contributed by atoms with Crippen LogP contribution in [0, 0.1) is 3.57 Å². The molecule has 5 heteroatoms. The maximum atomic E-state index is 12.9. The molecule has 2 aromatic carbocycles. The molecule has 0 radical (unpaired) electrons. The SMILES string of the molecule is CCNC(c1ccc(I)cc1)c1cccc(C(F)(F)F)c1. The van der Waals surface area contributed by atoms with Crippen LogP contribution in [-0.2, 0) is 6.18 Å². The predicted molar refractivity (Wildman–Crippen MR) is 86.1 cm³/mol. The van der Waals surface area contributed by atoms with Crippen LogP contribution in [0.2, 0.25) is 0 Å². The predicted octanol–water partition coefficient (Wildman–Crippen LogP) is 5.01. The zero-order valence-electron chi connectivity index (χ0n) is 11.4. The van der Waals surface area contributed by atoms with E-state index in [4.69, 9.17) is 0 Å². The summed E-state index contributed by atoms with van der Waals surface area (Å²) in [5.41, 5.74) is 0.956. The van der Waals surface area contributed by atoms with Crippen LogP contribution in [0.1, 0.15) is 29.7 Å². The largest absolute Gasteiger partial charge is 0.416 e. The van der Waals surface area contributed by atoms with Gasteiger partial charge >= 0.3 is 6.18 Å². The van der Waals surface area contributed by atoms with Crippen molar-refractivity contribution < 1.29 is 13.2 Å². The molecule has 1 N–H and O–H groups in total. The van der Waals surface area contributed by atoms with Crippen LogP contribution < -0.4 is 5.32 Å². The molecule has 0 bridgehead atoms. The standard InChI is InChI=1S/C16H15F3IN/c1-2-21-15(11-6-8-14(20)9-7-11)12-4-3-5-13(10-12)16(17,18)19/h3-10,15,21H,2H2,1H3. The fraction of sp³-hybridized carbons (Fsp3) is 0.250. The van der Waals surface area contributed by atoms with Crippen LogP contribution in [0.4, 0.5) is 13.2 Å². The van der Waals surface area contributed by atoms with Crippen molar-refractivity contribution >= 4 is 22.6 Å². The summed E-state index contributed by atoms with van der Waals surface area (Å²) in [6, 6.07) is 13.0. The molecule has 0 fully saturated rings. The number of rotatable bonds is 4. The van der Waals surface area contributed by atoms with Gasteiger partial charge < -0.3 is 5.32 Å². The molecule has 0 heterocycles. The van der Waals surface area contributed by atoms with Gasteiger partial charge in [0.05, 0.1) is 11.6 Å². The molecule has 2 aromatic rings. The topological polar surface area (TPSA) is 12.0 Å². The van der Waals surface area contributed by atoms with Crippen molar-refractivity contribution in [3.8, 4) is 0 Å². The average Bonchev–Trinajstić information content (AvgIpc) is 2.45. The smallest absolute Gasteiger partial charge is 0.307 e. The van der Waals surface area contributed by atoms with Gasteiger partial charge in [-0.25, -0.2) is 0 Å². The van der Waals surface area contributed by atoms with Crippen LogP contribution in [0.3, 0.4) is 0 Å². The first kappa shape index (κ1) is 16.3. The molecule has 1 nitrogen and oxygen atoms in total. The second kappa shape index (κ2) is 6.79. The molecular formula is C16H15F3IN. The summed E-state index contributed by atoms with van der Waals surface area (Å²) in [5.74, 6) is 0. The molecule has 2 rings (SSSR count). The molecule has 0 aliphatic carbocycles. The van der Waals surface area contributed by atoms with Crippen molar-refractivity contribution in [2.45, 2.75) is 19.1 Å². The van der Waals surface area contributed by atoms with Crippen molar-refractivity contribution in [3.05, 3.63) is 68.8 Å². The van der Waals surface area contributed by atoms with Gasteiger partial charge in [-0.2, -0.15) is 13.2 Å². The first-order chi connectivity index (χ1) is 9.91. The van der Waals surface area contributed by atoms with E-state index in [0.29, 0.717) is 12.1 Å². The zero-order valence-corrected chi connectivity index (χ0v) is 13.6. The summed E-state index contributed by atoms with van der Waals surface area (Å²) in [7, 11) is 0. The van der Waals surface area contributed by atoms with Gasteiger partial charge in [-0.15, -0.1) is 0 Å². The summed E-state index contributed by atoms with van der Waals surface area (Å²) in [4.78, 5) is 0. The lowest BCUT2D eigenvalue weighted by Gasteiger charge is -2.20. The van der Waals surface area contributed by atoms with Crippen molar-refractivity contribution in [2.24, 2.45) is 0 Å². The number of alkyl halides is 3. The number of hydrogen-bond acceptors (Lipinski definition) is 1. The van der Waals surface area contributed by atoms with Crippen molar-refractivity contribution in [3.63, 3.8) is 0 Å². The van der Waals surface area contributed by atoms with E-state index in [2.05, 4.69) is 27.9 Å². The summed E-state index contributed by atoms with van der Waals surface area (Å²) in [6.07, 6.45) is -4.32. The summed E-state index contributed by atoms with van der Waals surface area (Å²) in [6.45, 7) is 2.61. The zero-order chi connectivity index (χ0) is 15.5. The molecule has 21 heavy (non-hydrogen) atoms. The third kappa shape index (κ3) is 4.20. The minimum atomic E-state index is -4.32. The molecule has 0 spiro atoms. The molecule has 0 saturated heterocycles. The molecule has 0 aliphatic rings. The number of benzene rings is 2. The van der Waals surface area contributed by atoms with E-state index in [1.165, 1.54) is 12.1 Å². The van der Waals surface area contributed by atoms with E-state index >= 15 is 0 Å². The van der Waals surface area contributed by atoms with Gasteiger partial charge in [0.25, 0.3) is 0 Å². The molecule has 112 valence electrons. The van der Waals surface area contributed by atoms with E-state index in [-0.39, 0.29) is 6.04 Å². The Balaban J connectivity index is 2.41. The Kier molecular flexibility index (Phi) is 5.27. The number of hydrogen-bond donors (Lipinski definition) is 1. The molecule has 0 amide bonds. The summed E-state index contributed by atoms with van der Waals surface area (Å²) < 4.78 is 39.6. The highest BCUT2D eigenvalue weighted by atomic mass is 127. The third-order valence-corrected chi connectivity index (χ3v) is 3.88. The molecule has 0 aliphatic heterocycles. The van der Waals surface area contributed by atoms with Crippen LogP contribution in [0.5, 0.6) is 0 Å². The number of nitrogens with one attached hydrogen (secondary N) is 1. The van der Waals surface area contributed by atoms with E-state index in [0.717, 1.165) is 15.2 Å². The lowest BCUT2D eigenvalue weighted by Crippen LogP contribution is -2.22. The number of halogens is 4. The van der Waals surface area contributed by atoms with Crippen LogP contribution in [-0.4, -0.2) is 6.54 Å². The Hall–Kier alpha value is -1.08. The lowest BCUT2D eigenvalue weighted by atomic mass is 9.97. The fourth-order valence-corrected chi connectivity index (χ4v) is 2.54. The maximum absolute atomic E-state index is 12.9. The van der Waals surface area contributed by atoms with Gasteiger partial charge in [0.1, 0.15) is 0 Å². The highest BCUT2D eigenvalue weighted by Gasteiger charge is 2.31. The molecule has 0 saturated carbocycles. The van der Waals surface area contributed by atoms with E-state index in [9.17, 15) is 13.2 Å². The molecule has 0 aromatic heterocycles. The van der Waals surface area contributed by atoms with Crippen molar-refractivity contribution in [2.75, 3.05) is 6.54 Å². The Morgan fingerprint density at radius 1 is 1.05 bits per heavy atom. The van der Waals surface area contributed by atoms with E-state index in [1.54, 1.807) is 6.07 Å². The Morgan fingerprint density at radius 3 is 2.29 bits per heavy atom. The first-order valence-corrected chi connectivity index (χ1v) is 7.65. The summed E-state index contributed by atoms with van der Waals surface area (Å²) in [5, 5.41) is 3.24. The maximum Gasteiger partial charge on any atom is 0.416 e. The highest BCUT2D eigenvalue weighted by molar-refractivity contribution is 14.1. The quantitative estimate of drug-likeness (QED) is 0.706. The van der Waals surface area contributed by atoms with Crippen LogP contribution in [0.25, 0.3) is 0 Å². The Bertz CT molecular complexity index is 593. The average molecular weight is 405 g/mol. The van der Waals surface area contributed by atoms with Crippen LogP contribution >= 0.6 is 22.6 Å². The van der Waals surface area contributed by atoms with Gasteiger partial charge in [-0.3, -0.25) is 0 Å². The summed E-state index contributed by atoms with van der Waals surface area (Å²) >= 11 is 2.20. The van der Waals surface area contributed by atoms with E-state index < -0.39 is 11.7 Å². The van der Waals surface area contributed by atoms with Gasteiger partial charge in [-0.1, -0.05) is 31.2 Å². The molecule has 1 atom stereocenters. The van der Waals surface area contributed by atoms with Gasteiger partial charge in [-0.05, 0) is 64.5 Å². The minimum Gasteiger partial charge on any atom is -0.307 e.